The third-order valence-electron chi connectivity index (χ3n) is 6.05. The number of nitrogens with one attached hydrogen (secondary N) is 2. The summed E-state index contributed by atoms with van der Waals surface area (Å²) in [6, 6.07) is 2.89. The molecule has 1 amide bonds. The van der Waals surface area contributed by atoms with Gasteiger partial charge in [-0.25, -0.2) is 4.98 Å². The number of aliphatic hydroxyl groups is 1. The molecule has 1 aliphatic carbocycles. The Kier molecular flexibility index (Phi) is 8.81. The van der Waals surface area contributed by atoms with Crippen LogP contribution in [0.5, 0.6) is 0 Å². The summed E-state index contributed by atoms with van der Waals surface area (Å²) in [7, 11) is 0. The Balaban J connectivity index is 1.56. The fourth-order valence-corrected chi connectivity index (χ4v) is 4.20. The first-order chi connectivity index (χ1) is 15.5. The van der Waals surface area contributed by atoms with Gasteiger partial charge in [-0.1, -0.05) is 6.42 Å². The van der Waals surface area contributed by atoms with Crippen molar-refractivity contribution in [2.24, 2.45) is 17.8 Å². The van der Waals surface area contributed by atoms with Crippen molar-refractivity contribution in [3.05, 3.63) is 40.3 Å². The smallest absolute Gasteiger partial charge is 0.287 e. The number of ether oxygens (including phenoxy) is 2. The van der Waals surface area contributed by atoms with E-state index in [1.165, 1.54) is 24.8 Å². The highest BCUT2D eigenvalue weighted by Gasteiger charge is 2.42. The van der Waals surface area contributed by atoms with E-state index in [0.29, 0.717) is 37.9 Å². The maximum absolute atomic E-state index is 12.8. The van der Waals surface area contributed by atoms with Crippen molar-refractivity contribution in [2.75, 3.05) is 31.6 Å². The van der Waals surface area contributed by atoms with Crippen LogP contribution in [0.15, 0.2) is 30.2 Å². The molecule has 2 heterocycles. The number of aromatic nitrogens is 1. The van der Waals surface area contributed by atoms with Crippen LogP contribution < -0.4 is 10.6 Å². The van der Waals surface area contributed by atoms with Gasteiger partial charge in [0, 0.05) is 38.3 Å². The van der Waals surface area contributed by atoms with Crippen LogP contribution in [-0.4, -0.2) is 53.5 Å². The third kappa shape index (κ3) is 6.17. The number of nitrogens with zero attached hydrogens (tertiary/aromatic N) is 2. The van der Waals surface area contributed by atoms with Gasteiger partial charge >= 0.3 is 0 Å². The van der Waals surface area contributed by atoms with Gasteiger partial charge in [-0.3, -0.25) is 14.9 Å². The highest BCUT2D eigenvalue weighted by molar-refractivity contribution is 5.91. The lowest BCUT2D eigenvalue weighted by atomic mass is 9.68. The van der Waals surface area contributed by atoms with Crippen molar-refractivity contribution in [1.82, 2.24) is 10.3 Å². The predicted octanol–water partition coefficient (Wildman–Crippen LogP) is 2.60. The Labute approximate surface area is 187 Å². The molecule has 1 aliphatic heterocycles. The fourth-order valence-electron chi connectivity index (χ4n) is 4.20. The van der Waals surface area contributed by atoms with Crippen LogP contribution in [0.4, 0.5) is 11.5 Å². The van der Waals surface area contributed by atoms with E-state index in [4.69, 9.17) is 9.47 Å². The zero-order chi connectivity index (χ0) is 22.9. The maximum atomic E-state index is 12.8. The van der Waals surface area contributed by atoms with E-state index in [2.05, 4.69) is 15.6 Å². The summed E-state index contributed by atoms with van der Waals surface area (Å²) in [4.78, 5) is 26.9. The molecule has 0 spiro atoms. The van der Waals surface area contributed by atoms with Crippen LogP contribution in [0.2, 0.25) is 0 Å². The minimum Gasteiger partial charge on any atom is -0.459 e. The van der Waals surface area contributed by atoms with Crippen molar-refractivity contribution in [2.45, 2.75) is 45.3 Å². The normalized spacial score (nSPS) is 22.9. The molecular weight excluding hydrogens is 416 g/mol. The maximum Gasteiger partial charge on any atom is 0.287 e. The van der Waals surface area contributed by atoms with Crippen molar-refractivity contribution in [3.8, 4) is 0 Å². The highest BCUT2D eigenvalue weighted by Crippen LogP contribution is 2.44. The summed E-state index contributed by atoms with van der Waals surface area (Å²) in [6.07, 6.45) is 7.58. The third-order valence-corrected chi connectivity index (χ3v) is 6.05. The number of rotatable bonds is 12. The molecule has 3 rings (SSSR count). The molecule has 176 valence electrons. The quantitative estimate of drug-likeness (QED) is 0.252. The summed E-state index contributed by atoms with van der Waals surface area (Å²) in [5, 5.41) is 25.8. The Morgan fingerprint density at radius 3 is 2.78 bits per heavy atom. The van der Waals surface area contributed by atoms with Gasteiger partial charge < -0.3 is 25.2 Å². The molecule has 3 N–H and O–H groups in total. The standard InChI is InChI=1S/C22H32N4O6/c1-2-31-22-17(7-4-12-27)18(15-5-3-6-15)13-19(32-22)21(28)24-11-10-23-20-9-8-16(14-25-20)26(29)30/h8-9,13-15,17-18,22,27H,2-7,10-12H2,1H3,(H,23,25)(H,24,28)/t17-,18-,22-/m1/s1. The minimum atomic E-state index is -0.504. The summed E-state index contributed by atoms with van der Waals surface area (Å²) >= 11 is 0. The van der Waals surface area contributed by atoms with Crippen LogP contribution in [-0.2, 0) is 14.3 Å². The molecule has 10 heteroatoms. The molecular formula is C22H32N4O6. The van der Waals surface area contributed by atoms with E-state index in [-0.39, 0.29) is 35.8 Å². The average molecular weight is 449 g/mol. The van der Waals surface area contributed by atoms with Gasteiger partial charge in [-0.05, 0) is 56.6 Å². The largest absolute Gasteiger partial charge is 0.459 e. The molecule has 0 bridgehead atoms. The van der Waals surface area contributed by atoms with Crippen molar-refractivity contribution in [3.63, 3.8) is 0 Å². The van der Waals surface area contributed by atoms with Crippen LogP contribution in [0.25, 0.3) is 0 Å². The van der Waals surface area contributed by atoms with E-state index < -0.39 is 11.2 Å². The van der Waals surface area contributed by atoms with Gasteiger partial charge in [-0.2, -0.15) is 0 Å². The lowest BCUT2D eigenvalue weighted by Crippen LogP contribution is -2.43. The van der Waals surface area contributed by atoms with Crippen LogP contribution >= 0.6 is 0 Å². The number of amides is 1. The Hall–Kier alpha value is -2.72. The fraction of sp³-hybridized carbons (Fsp3) is 0.636. The van der Waals surface area contributed by atoms with Gasteiger partial charge in [-0.15, -0.1) is 0 Å². The van der Waals surface area contributed by atoms with Crippen LogP contribution in [0.1, 0.15) is 39.0 Å². The van der Waals surface area contributed by atoms with E-state index in [1.54, 1.807) is 0 Å². The predicted molar refractivity (Wildman–Crippen MR) is 118 cm³/mol. The van der Waals surface area contributed by atoms with Crippen LogP contribution in [0.3, 0.4) is 0 Å². The average Bonchev–Trinajstić information content (AvgIpc) is 2.75. The number of carbonyl (C=O) groups is 1. The van der Waals surface area contributed by atoms with E-state index in [0.717, 1.165) is 19.3 Å². The first kappa shape index (κ1) is 23.9. The number of hydrogen-bond donors (Lipinski definition) is 3. The number of aliphatic hydroxyl groups excluding tert-OH is 1. The molecule has 0 unspecified atom stereocenters. The Morgan fingerprint density at radius 1 is 1.38 bits per heavy atom. The van der Waals surface area contributed by atoms with Gasteiger partial charge in [0.05, 0.1) is 4.92 Å². The lowest BCUT2D eigenvalue weighted by molar-refractivity contribution is -0.385. The molecule has 0 radical (unpaired) electrons. The second kappa shape index (κ2) is 11.8. The first-order valence-corrected chi connectivity index (χ1v) is 11.3. The molecule has 10 nitrogen and oxygen atoms in total. The number of nitro groups is 1. The highest BCUT2D eigenvalue weighted by atomic mass is 16.7. The molecule has 1 saturated carbocycles. The summed E-state index contributed by atoms with van der Waals surface area (Å²) in [6.45, 7) is 3.25. The van der Waals surface area contributed by atoms with Gasteiger partial charge in [0.25, 0.3) is 11.6 Å². The van der Waals surface area contributed by atoms with Crippen molar-refractivity contribution in [1.29, 1.82) is 0 Å². The molecule has 32 heavy (non-hydrogen) atoms. The molecule has 0 aromatic carbocycles. The molecule has 2 aliphatic rings. The minimum absolute atomic E-state index is 0.0765. The molecule has 1 aromatic rings. The molecule has 3 atom stereocenters. The number of carbonyl (C=O) groups excluding carboxylic acids is 1. The topological polar surface area (TPSA) is 136 Å². The summed E-state index contributed by atoms with van der Waals surface area (Å²) in [5.41, 5.74) is -0.0765. The summed E-state index contributed by atoms with van der Waals surface area (Å²) in [5.74, 6) is 1.32. The number of anilines is 1. The van der Waals surface area contributed by atoms with Crippen LogP contribution in [0, 0.1) is 27.9 Å². The van der Waals surface area contributed by atoms with Gasteiger partial charge in [0.15, 0.2) is 5.76 Å². The number of pyridine rings is 1. The number of hydrogen-bond acceptors (Lipinski definition) is 8. The van der Waals surface area contributed by atoms with Crippen molar-refractivity contribution >= 4 is 17.4 Å². The number of allylic oxidation sites excluding steroid dienone is 1. The van der Waals surface area contributed by atoms with Crippen molar-refractivity contribution < 1.29 is 24.3 Å². The van der Waals surface area contributed by atoms with E-state index >= 15 is 0 Å². The first-order valence-electron chi connectivity index (χ1n) is 11.3. The second-order valence-electron chi connectivity index (χ2n) is 8.11. The van der Waals surface area contributed by atoms with E-state index in [1.807, 2.05) is 13.0 Å². The second-order valence-corrected chi connectivity index (χ2v) is 8.11. The SMILES string of the molecule is CCO[C@@H]1OC(C(=O)NCCNc2ccc([N+](=O)[O-])cn2)=C[C@H](C2CCC2)[C@H]1CCCO. The molecule has 1 aromatic heterocycles. The lowest BCUT2D eigenvalue weighted by Gasteiger charge is -2.43. The van der Waals surface area contributed by atoms with Gasteiger partial charge in [0.1, 0.15) is 12.0 Å². The molecule has 1 fully saturated rings. The molecule has 0 saturated heterocycles. The van der Waals surface area contributed by atoms with Gasteiger partial charge in [0.2, 0.25) is 6.29 Å². The zero-order valence-corrected chi connectivity index (χ0v) is 18.4. The summed E-state index contributed by atoms with van der Waals surface area (Å²) < 4.78 is 11.8. The van der Waals surface area contributed by atoms with E-state index in [9.17, 15) is 20.0 Å². The Bertz CT molecular complexity index is 796. The Morgan fingerprint density at radius 2 is 2.19 bits per heavy atom. The monoisotopic (exact) mass is 448 g/mol. The zero-order valence-electron chi connectivity index (χ0n) is 18.4.